The zero-order chi connectivity index (χ0) is 17.1. The summed E-state index contributed by atoms with van der Waals surface area (Å²) in [5.41, 5.74) is 1.52. The summed E-state index contributed by atoms with van der Waals surface area (Å²) in [5.74, 6) is 2.81. The van der Waals surface area contributed by atoms with E-state index in [2.05, 4.69) is 19.9 Å². The summed E-state index contributed by atoms with van der Waals surface area (Å²) in [6.07, 6.45) is 11.1. The van der Waals surface area contributed by atoms with Gasteiger partial charge in [-0.25, -0.2) is 0 Å². The van der Waals surface area contributed by atoms with Crippen molar-refractivity contribution in [3.05, 3.63) is 21.8 Å². The van der Waals surface area contributed by atoms with Crippen molar-refractivity contribution in [3.8, 4) is 0 Å². The Bertz CT molecular complexity index is 573. The van der Waals surface area contributed by atoms with Crippen molar-refractivity contribution >= 4 is 0 Å². The molecule has 3 fully saturated rings. The summed E-state index contributed by atoms with van der Waals surface area (Å²) >= 11 is 0. The van der Waals surface area contributed by atoms with E-state index in [1.165, 1.54) is 25.7 Å². The molecule has 3 saturated carbocycles. The quantitative estimate of drug-likeness (QED) is 0.468. The van der Waals surface area contributed by atoms with Gasteiger partial charge in [0.15, 0.2) is 0 Å². The highest BCUT2D eigenvalue weighted by molar-refractivity contribution is 5.17. The number of aliphatic hydroxyl groups is 1. The van der Waals surface area contributed by atoms with Crippen LogP contribution >= 0.6 is 0 Å². The smallest absolute Gasteiger partial charge is 0.224 e. The lowest BCUT2D eigenvalue weighted by atomic mass is 9.45. The maximum Gasteiger partial charge on any atom is 0.224 e. The molecule has 0 aromatic carbocycles. The van der Waals surface area contributed by atoms with Gasteiger partial charge in [-0.2, -0.15) is 0 Å². The Balaban J connectivity index is 1.58. The minimum Gasteiger partial charge on any atom is -0.393 e. The van der Waals surface area contributed by atoms with Crippen LogP contribution in [0, 0.1) is 44.6 Å². The Morgan fingerprint density at radius 2 is 1.92 bits per heavy atom. The maximum atomic E-state index is 10.9. The van der Waals surface area contributed by atoms with Crippen molar-refractivity contribution in [1.29, 1.82) is 0 Å². The zero-order valence-corrected chi connectivity index (χ0v) is 15.0. The van der Waals surface area contributed by atoms with Crippen molar-refractivity contribution < 1.29 is 10.0 Å². The first-order chi connectivity index (χ1) is 11.3. The lowest BCUT2D eigenvalue weighted by molar-refractivity contribution is -0.471. The van der Waals surface area contributed by atoms with E-state index in [4.69, 9.17) is 0 Å². The number of nitrogens with zero attached hydrogens (tertiary/aromatic N) is 1. The van der Waals surface area contributed by atoms with Gasteiger partial charge in [-0.05, 0) is 91.4 Å². The monoisotopic (exact) mass is 333 g/mol. The molecule has 0 aliphatic heterocycles. The molecule has 24 heavy (non-hydrogen) atoms. The van der Waals surface area contributed by atoms with Crippen molar-refractivity contribution in [2.45, 2.75) is 71.3 Å². The molecule has 4 rings (SSSR count). The van der Waals surface area contributed by atoms with Crippen LogP contribution in [0.3, 0.4) is 0 Å². The third kappa shape index (κ3) is 2.28. The minimum atomic E-state index is -0.175. The van der Waals surface area contributed by atoms with E-state index in [0.29, 0.717) is 17.3 Å². The van der Waals surface area contributed by atoms with E-state index < -0.39 is 0 Å². The molecule has 4 heteroatoms. The molecule has 5 unspecified atom stereocenters. The first-order valence-electron chi connectivity index (χ1n) is 9.82. The molecule has 4 nitrogen and oxygen atoms in total. The highest BCUT2D eigenvalue weighted by Crippen LogP contribution is 2.65. The molecule has 134 valence electrons. The molecule has 0 bridgehead atoms. The van der Waals surface area contributed by atoms with Crippen LogP contribution in [-0.2, 0) is 0 Å². The predicted molar refractivity (Wildman–Crippen MR) is 93.1 cm³/mol. The van der Waals surface area contributed by atoms with Gasteiger partial charge in [0.25, 0.3) is 0 Å². The Morgan fingerprint density at radius 1 is 1.17 bits per heavy atom. The van der Waals surface area contributed by atoms with Crippen LogP contribution < -0.4 is 0 Å². The number of aliphatic hydroxyl groups excluding tert-OH is 1. The number of allylic oxidation sites excluding steroid dienone is 1. The number of nitro groups is 1. The molecule has 4 aliphatic rings. The van der Waals surface area contributed by atoms with E-state index in [-0.39, 0.29) is 23.0 Å². The summed E-state index contributed by atoms with van der Waals surface area (Å²) < 4.78 is 0. The third-order valence-electron chi connectivity index (χ3n) is 8.69. The van der Waals surface area contributed by atoms with Gasteiger partial charge in [0, 0.05) is 4.92 Å². The molecule has 7 atom stereocenters. The van der Waals surface area contributed by atoms with Crippen LogP contribution in [0.2, 0.25) is 0 Å². The first kappa shape index (κ1) is 16.6. The Hall–Kier alpha value is -0.900. The lowest BCUT2D eigenvalue weighted by Crippen LogP contribution is -2.53. The van der Waals surface area contributed by atoms with Gasteiger partial charge in [-0.3, -0.25) is 10.1 Å². The summed E-state index contributed by atoms with van der Waals surface area (Å²) in [6.45, 7) is 4.82. The van der Waals surface area contributed by atoms with Gasteiger partial charge in [-0.15, -0.1) is 0 Å². The van der Waals surface area contributed by atoms with Crippen LogP contribution in [0.1, 0.15) is 65.2 Å². The Morgan fingerprint density at radius 3 is 2.67 bits per heavy atom. The van der Waals surface area contributed by atoms with Crippen LogP contribution in [0.5, 0.6) is 0 Å². The molecule has 0 heterocycles. The van der Waals surface area contributed by atoms with Crippen molar-refractivity contribution in [3.63, 3.8) is 0 Å². The SMILES string of the molecule is C[C@]12CC=C(C[N+](=O)[O-])CC1CCC1C2CC[C@]2(C)C(O)CCC12. The summed E-state index contributed by atoms with van der Waals surface area (Å²) in [5, 5.41) is 21.4. The second-order valence-corrected chi connectivity index (χ2v) is 9.56. The summed E-state index contributed by atoms with van der Waals surface area (Å²) in [7, 11) is 0. The van der Waals surface area contributed by atoms with Gasteiger partial charge in [-0.1, -0.05) is 19.9 Å². The number of fused-ring (bicyclic) bond motifs is 5. The number of hydrogen-bond acceptors (Lipinski definition) is 3. The molecule has 1 N–H and O–H groups in total. The van der Waals surface area contributed by atoms with Crippen LogP contribution in [-0.4, -0.2) is 22.7 Å². The largest absolute Gasteiger partial charge is 0.393 e. The minimum absolute atomic E-state index is 0.0353. The van der Waals surface area contributed by atoms with Gasteiger partial charge in [0.05, 0.1) is 6.10 Å². The standard InChI is InChI=1S/C20H31NO3/c1-19-9-7-13(12-21(23)24)11-14(19)3-4-15-16-5-6-18(22)20(16,2)10-8-17(15)19/h7,14-18,22H,3-6,8-12H2,1-2H3/t14?,15?,16?,17?,18?,19-,20-/m0/s1. The van der Waals surface area contributed by atoms with Gasteiger partial charge < -0.3 is 5.11 Å². The maximum absolute atomic E-state index is 10.9. The molecule has 0 aromatic rings. The Labute approximate surface area is 144 Å². The highest BCUT2D eigenvalue weighted by atomic mass is 16.6. The highest BCUT2D eigenvalue weighted by Gasteiger charge is 2.59. The zero-order valence-electron chi connectivity index (χ0n) is 15.0. The van der Waals surface area contributed by atoms with E-state index in [9.17, 15) is 15.2 Å². The Kier molecular flexibility index (Phi) is 3.83. The fraction of sp³-hybridized carbons (Fsp3) is 0.900. The second-order valence-electron chi connectivity index (χ2n) is 9.56. The molecule has 4 aliphatic carbocycles. The van der Waals surface area contributed by atoms with Gasteiger partial charge in [0.2, 0.25) is 6.54 Å². The van der Waals surface area contributed by atoms with E-state index in [0.717, 1.165) is 43.1 Å². The van der Waals surface area contributed by atoms with E-state index in [1.54, 1.807) is 0 Å². The topological polar surface area (TPSA) is 63.4 Å². The molecule has 0 saturated heterocycles. The first-order valence-corrected chi connectivity index (χ1v) is 9.82. The number of hydrogen-bond donors (Lipinski definition) is 1. The third-order valence-corrected chi connectivity index (χ3v) is 8.69. The fourth-order valence-electron chi connectivity index (χ4n) is 7.22. The van der Waals surface area contributed by atoms with Crippen molar-refractivity contribution in [2.24, 2.45) is 34.5 Å². The molecule has 0 amide bonds. The summed E-state index contributed by atoms with van der Waals surface area (Å²) in [4.78, 5) is 10.7. The predicted octanol–water partition coefficient (Wildman–Crippen LogP) is 4.20. The summed E-state index contributed by atoms with van der Waals surface area (Å²) in [6, 6.07) is 0. The van der Waals surface area contributed by atoms with Crippen LogP contribution in [0.4, 0.5) is 0 Å². The molecular formula is C20H31NO3. The normalized spacial score (nSPS) is 50.5. The number of rotatable bonds is 2. The van der Waals surface area contributed by atoms with Gasteiger partial charge >= 0.3 is 0 Å². The lowest BCUT2D eigenvalue weighted by Gasteiger charge is -2.59. The second kappa shape index (κ2) is 5.55. The fourth-order valence-corrected chi connectivity index (χ4v) is 7.22. The molecule has 0 aromatic heterocycles. The van der Waals surface area contributed by atoms with Crippen molar-refractivity contribution in [2.75, 3.05) is 6.54 Å². The molecule has 0 spiro atoms. The van der Waals surface area contributed by atoms with Crippen LogP contribution in [0.25, 0.3) is 0 Å². The van der Waals surface area contributed by atoms with Crippen LogP contribution in [0.15, 0.2) is 11.6 Å². The van der Waals surface area contributed by atoms with E-state index >= 15 is 0 Å². The van der Waals surface area contributed by atoms with Crippen molar-refractivity contribution in [1.82, 2.24) is 0 Å². The average Bonchev–Trinajstić information content (AvgIpc) is 2.83. The molecular weight excluding hydrogens is 302 g/mol. The molecule has 0 radical (unpaired) electrons. The average molecular weight is 333 g/mol. The van der Waals surface area contributed by atoms with Gasteiger partial charge in [0.1, 0.15) is 0 Å². The van der Waals surface area contributed by atoms with E-state index in [1.807, 2.05) is 0 Å².